The Bertz CT molecular complexity index is 1110. The summed E-state index contributed by atoms with van der Waals surface area (Å²) in [5.41, 5.74) is 11.0. The van der Waals surface area contributed by atoms with E-state index in [-0.39, 0.29) is 11.7 Å². The van der Waals surface area contributed by atoms with Crippen LogP contribution in [0.5, 0.6) is 11.5 Å². The molecule has 0 fully saturated rings. The number of thioether (sulfide) groups is 1. The topological polar surface area (TPSA) is 112 Å². The first kappa shape index (κ1) is 24.0. The van der Waals surface area contributed by atoms with Crippen molar-refractivity contribution in [2.45, 2.75) is 24.8 Å². The molecule has 0 atom stereocenters. The van der Waals surface area contributed by atoms with E-state index in [1.165, 1.54) is 28.7 Å². The molecule has 0 unspecified atom stereocenters. The fourth-order valence-corrected chi connectivity index (χ4v) is 4.64. The predicted octanol–water partition coefficient (Wildman–Crippen LogP) is 4.41. The minimum Gasteiger partial charge on any atom is -0.490 e. The predicted molar refractivity (Wildman–Crippen MR) is 132 cm³/mol. The molecule has 1 aromatic heterocycles. The van der Waals surface area contributed by atoms with Crippen molar-refractivity contribution in [1.82, 2.24) is 15.6 Å². The molecule has 0 spiro atoms. The van der Waals surface area contributed by atoms with Crippen LogP contribution in [0, 0.1) is 6.92 Å². The lowest BCUT2D eigenvalue weighted by Crippen LogP contribution is -2.19. The minimum absolute atomic E-state index is 0.158. The Labute approximate surface area is 202 Å². The first-order valence-electron chi connectivity index (χ1n) is 9.63. The molecule has 1 amide bonds. The zero-order valence-corrected chi connectivity index (χ0v) is 20.7. The van der Waals surface area contributed by atoms with Gasteiger partial charge >= 0.3 is 0 Å². The van der Waals surface area contributed by atoms with Gasteiger partial charge in [-0.15, -0.1) is 10.2 Å². The maximum atomic E-state index is 12.0. The normalized spacial score (nSPS) is 11.0. The highest BCUT2D eigenvalue weighted by Crippen LogP contribution is 2.37. The number of ether oxygens (including phenoxy) is 2. The maximum absolute atomic E-state index is 12.0. The third kappa shape index (κ3) is 7.21. The summed E-state index contributed by atoms with van der Waals surface area (Å²) in [6, 6.07) is 11.8. The number of aryl methyl sites for hydroxylation is 1. The van der Waals surface area contributed by atoms with Gasteiger partial charge in [0.15, 0.2) is 15.8 Å². The molecule has 0 aliphatic carbocycles. The Morgan fingerprint density at radius 2 is 2.16 bits per heavy atom. The highest BCUT2D eigenvalue weighted by atomic mass is 79.9. The molecule has 0 radical (unpaired) electrons. The lowest BCUT2D eigenvalue weighted by molar-refractivity contribution is -0.118. The number of nitrogens with two attached hydrogens (primary N) is 1. The number of nitrogens with one attached hydrogen (secondary N) is 1. The van der Waals surface area contributed by atoms with Gasteiger partial charge in [0, 0.05) is 0 Å². The molecule has 1 heterocycles. The SMILES string of the molecule is CCOc1cc(C=NNC(=O)CSc2nnc(N)s2)cc(Br)c1OCc1cccc(C)c1. The van der Waals surface area contributed by atoms with Crippen molar-refractivity contribution in [3.63, 3.8) is 0 Å². The van der Waals surface area contributed by atoms with Crippen LogP contribution in [-0.2, 0) is 11.4 Å². The van der Waals surface area contributed by atoms with E-state index in [4.69, 9.17) is 15.2 Å². The molecule has 8 nitrogen and oxygen atoms in total. The van der Waals surface area contributed by atoms with Crippen molar-refractivity contribution in [1.29, 1.82) is 0 Å². The molecule has 3 N–H and O–H groups in total. The van der Waals surface area contributed by atoms with Gasteiger partial charge in [0.05, 0.1) is 23.0 Å². The first-order valence-corrected chi connectivity index (χ1v) is 12.2. The van der Waals surface area contributed by atoms with Gasteiger partial charge in [-0.25, -0.2) is 5.43 Å². The van der Waals surface area contributed by atoms with E-state index in [9.17, 15) is 4.79 Å². The maximum Gasteiger partial charge on any atom is 0.250 e. The van der Waals surface area contributed by atoms with E-state index in [1.807, 2.05) is 44.2 Å². The van der Waals surface area contributed by atoms with Crippen LogP contribution in [0.4, 0.5) is 5.13 Å². The Kier molecular flexibility index (Phi) is 8.89. The van der Waals surface area contributed by atoms with Crippen LogP contribution >= 0.6 is 39.0 Å². The van der Waals surface area contributed by atoms with Crippen LogP contribution < -0.4 is 20.6 Å². The van der Waals surface area contributed by atoms with Gasteiger partial charge < -0.3 is 15.2 Å². The molecular formula is C21H22BrN5O3S2. The fraction of sp³-hybridized carbons (Fsp3) is 0.238. The minimum atomic E-state index is -0.262. The summed E-state index contributed by atoms with van der Waals surface area (Å²) in [5, 5.41) is 12.0. The quantitative estimate of drug-likeness (QED) is 0.224. The van der Waals surface area contributed by atoms with E-state index < -0.39 is 0 Å². The van der Waals surface area contributed by atoms with E-state index >= 15 is 0 Å². The van der Waals surface area contributed by atoms with Crippen molar-refractivity contribution in [3.8, 4) is 11.5 Å². The van der Waals surface area contributed by atoms with Gasteiger partial charge in [0.1, 0.15) is 6.61 Å². The summed E-state index contributed by atoms with van der Waals surface area (Å²) in [7, 11) is 0. The number of hydrogen-bond acceptors (Lipinski definition) is 9. The molecule has 0 aliphatic rings. The van der Waals surface area contributed by atoms with Crippen molar-refractivity contribution < 1.29 is 14.3 Å². The number of hydrazone groups is 1. The van der Waals surface area contributed by atoms with Gasteiger partial charge in [-0.1, -0.05) is 52.9 Å². The molecule has 3 rings (SSSR count). The number of halogens is 1. The van der Waals surface area contributed by atoms with E-state index in [1.54, 1.807) is 6.21 Å². The molecule has 32 heavy (non-hydrogen) atoms. The summed E-state index contributed by atoms with van der Waals surface area (Å²) in [4.78, 5) is 12.0. The van der Waals surface area contributed by atoms with Gasteiger partial charge in [0.25, 0.3) is 5.91 Å². The third-order valence-electron chi connectivity index (χ3n) is 3.95. The van der Waals surface area contributed by atoms with Crippen LogP contribution in [-0.4, -0.2) is 34.7 Å². The van der Waals surface area contributed by atoms with Gasteiger partial charge in [-0.3, -0.25) is 4.79 Å². The molecule has 2 aromatic carbocycles. The Balaban J connectivity index is 1.61. The Morgan fingerprint density at radius 3 is 2.88 bits per heavy atom. The number of aromatic nitrogens is 2. The molecule has 3 aromatic rings. The zero-order valence-electron chi connectivity index (χ0n) is 17.5. The van der Waals surface area contributed by atoms with Crippen molar-refractivity contribution in [2.75, 3.05) is 18.1 Å². The van der Waals surface area contributed by atoms with E-state index in [2.05, 4.69) is 42.7 Å². The van der Waals surface area contributed by atoms with Crippen LogP contribution in [0.3, 0.4) is 0 Å². The van der Waals surface area contributed by atoms with Gasteiger partial charge in [-0.05, 0) is 53.0 Å². The second-order valence-corrected chi connectivity index (χ2v) is 9.61. The van der Waals surface area contributed by atoms with Gasteiger partial charge in [0.2, 0.25) is 5.13 Å². The number of nitrogen functional groups attached to an aromatic ring is 1. The van der Waals surface area contributed by atoms with Crippen LogP contribution in [0.2, 0.25) is 0 Å². The Morgan fingerprint density at radius 1 is 1.31 bits per heavy atom. The lowest BCUT2D eigenvalue weighted by Gasteiger charge is -2.15. The van der Waals surface area contributed by atoms with Crippen LogP contribution in [0.15, 0.2) is 50.3 Å². The van der Waals surface area contributed by atoms with E-state index in [0.29, 0.717) is 34.2 Å². The molecule has 168 valence electrons. The number of nitrogens with zero attached hydrogens (tertiary/aromatic N) is 3. The number of anilines is 1. The lowest BCUT2D eigenvalue weighted by atomic mass is 10.1. The summed E-state index contributed by atoms with van der Waals surface area (Å²) in [5.74, 6) is 1.10. The van der Waals surface area contributed by atoms with Crippen molar-refractivity contribution in [3.05, 3.63) is 57.6 Å². The first-order chi connectivity index (χ1) is 15.4. The number of carbonyl (C=O) groups is 1. The van der Waals surface area contributed by atoms with Crippen LogP contribution in [0.25, 0.3) is 0 Å². The van der Waals surface area contributed by atoms with Crippen molar-refractivity contribution >= 4 is 56.3 Å². The smallest absolute Gasteiger partial charge is 0.250 e. The molecular weight excluding hydrogens is 514 g/mol. The number of amides is 1. The number of carbonyl (C=O) groups excluding carboxylic acids is 1. The van der Waals surface area contributed by atoms with Crippen molar-refractivity contribution in [2.24, 2.45) is 5.10 Å². The Hall–Kier alpha value is -2.63. The second-order valence-electron chi connectivity index (χ2n) is 6.53. The molecule has 0 aliphatic heterocycles. The second kappa shape index (κ2) is 11.8. The van der Waals surface area contributed by atoms with Gasteiger partial charge in [-0.2, -0.15) is 5.10 Å². The standard InChI is InChI=1S/C21H22BrN5O3S2/c1-3-29-17-9-15(10-24-25-18(28)12-31-21-27-26-20(23)32-21)8-16(22)19(17)30-11-14-6-4-5-13(2)7-14/h4-10H,3,11-12H2,1-2H3,(H2,23,26)(H,25,28). The monoisotopic (exact) mass is 535 g/mol. The highest BCUT2D eigenvalue weighted by Gasteiger charge is 2.12. The summed E-state index contributed by atoms with van der Waals surface area (Å²) in [6.07, 6.45) is 1.54. The third-order valence-corrected chi connectivity index (χ3v) is 6.42. The average molecular weight is 536 g/mol. The highest BCUT2D eigenvalue weighted by molar-refractivity contribution is 9.10. The zero-order chi connectivity index (χ0) is 22.9. The fourth-order valence-electron chi connectivity index (χ4n) is 2.64. The molecule has 0 saturated carbocycles. The largest absolute Gasteiger partial charge is 0.490 e. The molecule has 11 heteroatoms. The average Bonchev–Trinajstić information content (AvgIpc) is 3.17. The number of benzene rings is 2. The number of hydrogen-bond donors (Lipinski definition) is 2. The summed E-state index contributed by atoms with van der Waals surface area (Å²) < 4.78 is 13.1. The molecule has 0 bridgehead atoms. The number of rotatable bonds is 10. The summed E-state index contributed by atoms with van der Waals surface area (Å²) in [6.45, 7) is 4.85. The molecule has 0 saturated heterocycles. The van der Waals surface area contributed by atoms with Crippen LogP contribution in [0.1, 0.15) is 23.6 Å². The summed E-state index contributed by atoms with van der Waals surface area (Å²) >= 11 is 6.03. The van der Waals surface area contributed by atoms with E-state index in [0.717, 1.165) is 15.6 Å².